The zero-order valence-electron chi connectivity index (χ0n) is 9.81. The minimum Gasteiger partial charge on any atom is -0.335 e. The van der Waals surface area contributed by atoms with Gasteiger partial charge in [-0.15, -0.1) is 0 Å². The smallest absolute Gasteiger partial charge is 0.317 e. The zero-order valence-corrected chi connectivity index (χ0v) is 9.81. The van der Waals surface area contributed by atoms with Crippen molar-refractivity contribution in [1.29, 1.82) is 0 Å². The Hall–Kier alpha value is -1.51. The van der Waals surface area contributed by atoms with Gasteiger partial charge in [-0.1, -0.05) is 30.3 Å². The van der Waals surface area contributed by atoms with Crippen LogP contribution in [0.1, 0.15) is 24.8 Å². The SMILES string of the molecule is CCN(C)C(=O)NC1CC1c1ccccc1. The summed E-state index contributed by atoms with van der Waals surface area (Å²) in [6, 6.07) is 10.7. The second-order valence-corrected chi connectivity index (χ2v) is 4.32. The Morgan fingerprint density at radius 3 is 2.75 bits per heavy atom. The Labute approximate surface area is 96.5 Å². The molecule has 0 heterocycles. The zero-order chi connectivity index (χ0) is 11.5. The van der Waals surface area contributed by atoms with Crippen LogP contribution in [0.5, 0.6) is 0 Å². The van der Waals surface area contributed by atoms with Gasteiger partial charge < -0.3 is 10.2 Å². The molecule has 2 amide bonds. The van der Waals surface area contributed by atoms with E-state index in [0.29, 0.717) is 12.0 Å². The van der Waals surface area contributed by atoms with E-state index in [1.54, 1.807) is 4.90 Å². The summed E-state index contributed by atoms with van der Waals surface area (Å²) >= 11 is 0. The predicted octanol–water partition coefficient (Wildman–Crippen LogP) is 2.20. The Kier molecular flexibility index (Phi) is 3.13. The molecular formula is C13H18N2O. The molecule has 0 aliphatic heterocycles. The maximum atomic E-state index is 11.6. The van der Waals surface area contributed by atoms with Gasteiger partial charge in [-0.25, -0.2) is 4.79 Å². The fraction of sp³-hybridized carbons (Fsp3) is 0.462. The third kappa shape index (κ3) is 2.35. The van der Waals surface area contributed by atoms with Crippen molar-refractivity contribution in [3.8, 4) is 0 Å². The minimum absolute atomic E-state index is 0.0333. The predicted molar refractivity (Wildman–Crippen MR) is 64.4 cm³/mol. The molecule has 1 N–H and O–H groups in total. The first-order valence-corrected chi connectivity index (χ1v) is 5.79. The lowest BCUT2D eigenvalue weighted by molar-refractivity contribution is 0.210. The van der Waals surface area contributed by atoms with Gasteiger partial charge in [0.15, 0.2) is 0 Å². The maximum absolute atomic E-state index is 11.6. The Bertz CT molecular complexity index is 363. The molecule has 1 aromatic rings. The Morgan fingerprint density at radius 2 is 2.12 bits per heavy atom. The van der Waals surface area contributed by atoms with E-state index in [4.69, 9.17) is 0 Å². The second-order valence-electron chi connectivity index (χ2n) is 4.32. The molecule has 1 aliphatic rings. The number of rotatable bonds is 3. The first-order valence-electron chi connectivity index (χ1n) is 5.79. The molecular weight excluding hydrogens is 200 g/mol. The summed E-state index contributed by atoms with van der Waals surface area (Å²) in [7, 11) is 1.81. The number of hydrogen-bond donors (Lipinski definition) is 1. The van der Waals surface area contributed by atoms with Crippen molar-refractivity contribution < 1.29 is 4.79 Å². The van der Waals surface area contributed by atoms with Crippen LogP contribution in [0.25, 0.3) is 0 Å². The van der Waals surface area contributed by atoms with Crippen LogP contribution in [0.3, 0.4) is 0 Å². The summed E-state index contributed by atoms with van der Waals surface area (Å²) in [6.45, 7) is 2.72. The summed E-state index contributed by atoms with van der Waals surface area (Å²) in [6.07, 6.45) is 1.06. The highest BCUT2D eigenvalue weighted by Crippen LogP contribution is 2.40. The molecule has 2 unspecified atom stereocenters. The van der Waals surface area contributed by atoms with Gasteiger partial charge in [0, 0.05) is 25.6 Å². The monoisotopic (exact) mass is 218 g/mol. The lowest BCUT2D eigenvalue weighted by Crippen LogP contribution is -2.38. The highest BCUT2D eigenvalue weighted by Gasteiger charge is 2.39. The number of hydrogen-bond acceptors (Lipinski definition) is 1. The van der Waals surface area contributed by atoms with Gasteiger partial charge in [0.25, 0.3) is 0 Å². The van der Waals surface area contributed by atoms with E-state index in [9.17, 15) is 4.79 Å². The summed E-state index contributed by atoms with van der Waals surface area (Å²) in [5.74, 6) is 0.510. The summed E-state index contributed by atoms with van der Waals surface area (Å²) in [5.41, 5.74) is 1.33. The average molecular weight is 218 g/mol. The van der Waals surface area contributed by atoms with Crippen molar-refractivity contribution in [3.05, 3.63) is 35.9 Å². The normalized spacial score (nSPS) is 22.6. The third-order valence-electron chi connectivity index (χ3n) is 3.15. The van der Waals surface area contributed by atoms with Crippen molar-refractivity contribution in [2.45, 2.75) is 25.3 Å². The molecule has 0 spiro atoms. The van der Waals surface area contributed by atoms with Gasteiger partial charge in [0.2, 0.25) is 0 Å². The summed E-state index contributed by atoms with van der Waals surface area (Å²) in [5, 5.41) is 3.04. The highest BCUT2D eigenvalue weighted by molar-refractivity contribution is 5.74. The van der Waals surface area contributed by atoms with Gasteiger partial charge >= 0.3 is 6.03 Å². The second kappa shape index (κ2) is 4.56. The first-order chi connectivity index (χ1) is 7.72. The average Bonchev–Trinajstić information content (AvgIpc) is 3.08. The number of nitrogens with zero attached hydrogens (tertiary/aromatic N) is 1. The highest BCUT2D eigenvalue weighted by atomic mass is 16.2. The van der Waals surface area contributed by atoms with E-state index < -0.39 is 0 Å². The van der Waals surface area contributed by atoms with Gasteiger partial charge in [-0.2, -0.15) is 0 Å². The van der Waals surface area contributed by atoms with E-state index in [1.807, 2.05) is 32.2 Å². The molecule has 0 aromatic heterocycles. The Morgan fingerprint density at radius 1 is 1.44 bits per heavy atom. The lowest BCUT2D eigenvalue weighted by atomic mass is 10.1. The summed E-state index contributed by atoms with van der Waals surface area (Å²) in [4.78, 5) is 13.3. The van der Waals surface area contributed by atoms with Crippen LogP contribution in [-0.4, -0.2) is 30.6 Å². The number of amides is 2. The van der Waals surface area contributed by atoms with Crippen LogP contribution in [0.15, 0.2) is 30.3 Å². The molecule has 1 aromatic carbocycles. The van der Waals surface area contributed by atoms with E-state index in [0.717, 1.165) is 13.0 Å². The largest absolute Gasteiger partial charge is 0.335 e. The van der Waals surface area contributed by atoms with Crippen molar-refractivity contribution in [3.63, 3.8) is 0 Å². The quantitative estimate of drug-likeness (QED) is 0.828. The van der Waals surface area contributed by atoms with Crippen LogP contribution >= 0.6 is 0 Å². The van der Waals surface area contributed by atoms with Gasteiger partial charge in [0.1, 0.15) is 0 Å². The molecule has 0 radical (unpaired) electrons. The number of urea groups is 1. The van der Waals surface area contributed by atoms with Crippen molar-refractivity contribution >= 4 is 6.03 Å². The molecule has 16 heavy (non-hydrogen) atoms. The Balaban J connectivity index is 1.86. The molecule has 2 atom stereocenters. The van der Waals surface area contributed by atoms with Crippen LogP contribution in [-0.2, 0) is 0 Å². The van der Waals surface area contributed by atoms with Crippen LogP contribution in [0.4, 0.5) is 4.79 Å². The number of benzene rings is 1. The maximum Gasteiger partial charge on any atom is 0.317 e. The molecule has 1 fully saturated rings. The van der Waals surface area contributed by atoms with Gasteiger partial charge in [-0.05, 0) is 18.9 Å². The van der Waals surface area contributed by atoms with Gasteiger partial charge in [0.05, 0.1) is 0 Å². The first kappa shape index (κ1) is 11.0. The molecule has 86 valence electrons. The summed E-state index contributed by atoms with van der Waals surface area (Å²) < 4.78 is 0. The molecule has 1 saturated carbocycles. The lowest BCUT2D eigenvalue weighted by Gasteiger charge is -2.15. The van der Waals surface area contributed by atoms with Crippen molar-refractivity contribution in [2.24, 2.45) is 0 Å². The van der Waals surface area contributed by atoms with Crippen LogP contribution in [0.2, 0.25) is 0 Å². The van der Waals surface area contributed by atoms with E-state index in [1.165, 1.54) is 5.56 Å². The fourth-order valence-electron chi connectivity index (χ4n) is 1.84. The number of nitrogens with one attached hydrogen (secondary N) is 1. The number of carbonyl (C=O) groups excluding carboxylic acids is 1. The number of carbonyl (C=O) groups is 1. The molecule has 3 heteroatoms. The van der Waals surface area contributed by atoms with Crippen molar-refractivity contribution in [1.82, 2.24) is 10.2 Å². The molecule has 1 aliphatic carbocycles. The minimum atomic E-state index is 0.0333. The van der Waals surface area contributed by atoms with E-state index in [-0.39, 0.29) is 6.03 Å². The van der Waals surface area contributed by atoms with Gasteiger partial charge in [-0.3, -0.25) is 0 Å². The molecule has 0 saturated heterocycles. The van der Waals surface area contributed by atoms with Crippen LogP contribution < -0.4 is 5.32 Å². The van der Waals surface area contributed by atoms with Crippen LogP contribution in [0, 0.1) is 0 Å². The van der Waals surface area contributed by atoms with E-state index in [2.05, 4.69) is 17.4 Å². The molecule has 0 bridgehead atoms. The topological polar surface area (TPSA) is 32.3 Å². The standard InChI is InChI=1S/C13H18N2O/c1-3-15(2)13(16)14-12-9-11(12)10-7-5-4-6-8-10/h4-8,11-12H,3,9H2,1-2H3,(H,14,16). The third-order valence-corrected chi connectivity index (χ3v) is 3.15. The fourth-order valence-corrected chi connectivity index (χ4v) is 1.84. The molecule has 2 rings (SSSR count). The van der Waals surface area contributed by atoms with E-state index >= 15 is 0 Å². The van der Waals surface area contributed by atoms with Crippen molar-refractivity contribution in [2.75, 3.05) is 13.6 Å². The molecule has 3 nitrogen and oxygen atoms in total.